The Bertz CT molecular complexity index is 176. The van der Waals surface area contributed by atoms with E-state index < -0.39 is 7.82 Å². The smallest absolute Gasteiger partial charge is 0.394 e. The van der Waals surface area contributed by atoms with Crippen LogP contribution in [-0.2, 0) is 23.1 Å². The molecule has 0 spiro atoms. The first-order valence-electron chi connectivity index (χ1n) is 5.77. The molecular formula is C10H27O8P. The highest BCUT2D eigenvalue weighted by Gasteiger charge is 2.13. The van der Waals surface area contributed by atoms with E-state index in [9.17, 15) is 4.57 Å². The van der Waals surface area contributed by atoms with Crippen molar-refractivity contribution in [1.29, 1.82) is 0 Å². The van der Waals surface area contributed by atoms with Gasteiger partial charge in [0.05, 0.1) is 26.4 Å². The van der Waals surface area contributed by atoms with E-state index in [0.717, 1.165) is 27.4 Å². The molecule has 0 aliphatic carbocycles. The molecule has 0 radical (unpaired) electrons. The maximum Gasteiger partial charge on any atom is 0.471 e. The molecule has 9 heteroatoms. The largest absolute Gasteiger partial charge is 0.471 e. The van der Waals surface area contributed by atoms with Gasteiger partial charge in [-0.15, -0.1) is 0 Å². The van der Waals surface area contributed by atoms with Crippen molar-refractivity contribution >= 4 is 7.82 Å². The van der Waals surface area contributed by atoms with Crippen molar-refractivity contribution < 1.29 is 38.2 Å². The number of aliphatic hydroxyl groups excluding tert-OH is 2. The Morgan fingerprint density at radius 3 is 1.37 bits per heavy atom. The number of ether oxygens (including phenoxy) is 2. The van der Waals surface area contributed by atoms with Gasteiger partial charge in [-0.25, -0.2) is 4.57 Å². The maximum absolute atomic E-state index is 10.1. The van der Waals surface area contributed by atoms with Crippen LogP contribution in [0.5, 0.6) is 0 Å². The first-order valence-corrected chi connectivity index (χ1v) is 7.26. The summed E-state index contributed by atoms with van der Waals surface area (Å²) in [5, 5.41) is 16.2. The summed E-state index contributed by atoms with van der Waals surface area (Å²) in [6.07, 6.45) is 0. The van der Waals surface area contributed by atoms with Gasteiger partial charge < -0.3 is 24.6 Å². The van der Waals surface area contributed by atoms with Crippen molar-refractivity contribution in [2.24, 2.45) is 0 Å². The van der Waals surface area contributed by atoms with E-state index in [0.29, 0.717) is 13.2 Å². The number of hydrogen-bond donors (Lipinski definition) is 3. The highest BCUT2D eigenvalue weighted by Crippen LogP contribution is 2.40. The fourth-order valence-electron chi connectivity index (χ4n) is 0.510. The first-order chi connectivity index (χ1) is 8.95. The molecule has 19 heavy (non-hydrogen) atoms. The van der Waals surface area contributed by atoms with Crippen LogP contribution in [-0.4, -0.2) is 69.0 Å². The van der Waals surface area contributed by atoms with Gasteiger partial charge in [0.2, 0.25) is 0 Å². The van der Waals surface area contributed by atoms with Crippen LogP contribution in [0.15, 0.2) is 0 Å². The van der Waals surface area contributed by atoms with Crippen LogP contribution in [0.3, 0.4) is 0 Å². The summed E-state index contributed by atoms with van der Waals surface area (Å²) < 4.78 is 27.5. The lowest BCUT2D eigenvalue weighted by Crippen LogP contribution is -2.03. The van der Waals surface area contributed by atoms with Gasteiger partial charge in [-0.2, -0.15) is 0 Å². The molecule has 0 unspecified atom stereocenters. The molecule has 0 heterocycles. The van der Waals surface area contributed by atoms with Crippen LogP contribution in [0.2, 0.25) is 0 Å². The van der Waals surface area contributed by atoms with Gasteiger partial charge in [-0.05, 0) is 13.8 Å². The van der Waals surface area contributed by atoms with Crippen LogP contribution in [0.25, 0.3) is 0 Å². The zero-order chi connectivity index (χ0) is 15.6. The van der Waals surface area contributed by atoms with E-state index in [-0.39, 0.29) is 13.2 Å². The van der Waals surface area contributed by atoms with E-state index >= 15 is 0 Å². The van der Waals surface area contributed by atoms with Gasteiger partial charge >= 0.3 is 7.82 Å². The predicted octanol–water partition coefficient (Wildman–Crippen LogP) is 0.410. The fourth-order valence-corrected chi connectivity index (χ4v) is 0.659. The van der Waals surface area contributed by atoms with Crippen molar-refractivity contribution in [3.05, 3.63) is 0 Å². The third-order valence-corrected chi connectivity index (χ3v) is 2.26. The lowest BCUT2D eigenvalue weighted by atomic mass is 10.7. The molecule has 3 N–H and O–H groups in total. The Labute approximate surface area is 114 Å². The normalized spacial score (nSPS) is 10.1. The van der Waals surface area contributed by atoms with E-state index in [2.05, 4.69) is 13.8 Å². The van der Waals surface area contributed by atoms with Crippen LogP contribution in [0.4, 0.5) is 0 Å². The molecule has 0 aromatic carbocycles. The second kappa shape index (κ2) is 20.3. The SMILES string of the molecule is CCOCC.COP(=O)(O)OC.OCCOCCO. The van der Waals surface area contributed by atoms with Gasteiger partial charge in [-0.3, -0.25) is 9.05 Å². The van der Waals surface area contributed by atoms with Crippen LogP contribution in [0.1, 0.15) is 13.8 Å². The molecule has 0 amide bonds. The molecule has 8 nitrogen and oxygen atoms in total. The standard InChI is InChI=1S/C4H10O3.C4H10O.C2H7O4P/c5-1-3-7-4-2-6;1-3-5-4-2;1-5-7(3,4)6-2/h5-6H,1-4H2;3-4H2,1-2H3;1-2H3,(H,3,4). The summed E-state index contributed by atoms with van der Waals surface area (Å²) in [6, 6.07) is 0. The van der Waals surface area contributed by atoms with Crippen molar-refractivity contribution in [2.45, 2.75) is 13.8 Å². The summed E-state index contributed by atoms with van der Waals surface area (Å²) >= 11 is 0. The zero-order valence-corrected chi connectivity index (χ0v) is 13.0. The van der Waals surface area contributed by atoms with E-state index in [1.165, 1.54) is 0 Å². The van der Waals surface area contributed by atoms with Gasteiger partial charge in [0, 0.05) is 27.4 Å². The van der Waals surface area contributed by atoms with Gasteiger partial charge in [0.25, 0.3) is 0 Å². The van der Waals surface area contributed by atoms with Crippen LogP contribution >= 0.6 is 7.82 Å². The molecule has 0 fully saturated rings. The Kier molecular flexibility index (Phi) is 25.6. The summed E-state index contributed by atoms with van der Waals surface area (Å²) in [5.41, 5.74) is 0. The third-order valence-electron chi connectivity index (χ3n) is 1.34. The summed E-state index contributed by atoms with van der Waals surface area (Å²) in [6.45, 7) is 6.36. The quantitative estimate of drug-likeness (QED) is 0.436. The topological polar surface area (TPSA) is 115 Å². The van der Waals surface area contributed by atoms with Crippen LogP contribution < -0.4 is 0 Å². The minimum atomic E-state index is -3.65. The molecule has 0 saturated carbocycles. The lowest BCUT2D eigenvalue weighted by Gasteiger charge is -2.01. The zero-order valence-electron chi connectivity index (χ0n) is 12.1. The minimum Gasteiger partial charge on any atom is -0.394 e. The Hall–Kier alpha value is -0.0500. The molecule has 0 aliphatic heterocycles. The van der Waals surface area contributed by atoms with E-state index in [1.807, 2.05) is 13.8 Å². The van der Waals surface area contributed by atoms with Gasteiger partial charge in [0.1, 0.15) is 0 Å². The monoisotopic (exact) mass is 306 g/mol. The number of rotatable bonds is 8. The minimum absolute atomic E-state index is 0.0278. The second-order valence-electron chi connectivity index (χ2n) is 2.67. The molecule has 0 rings (SSSR count). The molecule has 0 bridgehead atoms. The number of phosphoric acid groups is 1. The molecule has 0 aromatic rings. The molecule has 0 atom stereocenters. The number of aliphatic hydroxyl groups is 2. The van der Waals surface area contributed by atoms with Gasteiger partial charge in [-0.1, -0.05) is 0 Å². The molecule has 0 aliphatic rings. The maximum atomic E-state index is 10.1. The number of phosphoric ester groups is 1. The Balaban J connectivity index is -0.000000206. The Morgan fingerprint density at radius 2 is 1.26 bits per heavy atom. The van der Waals surface area contributed by atoms with Crippen LogP contribution in [0, 0.1) is 0 Å². The third kappa shape index (κ3) is 32.0. The highest BCUT2D eigenvalue weighted by atomic mass is 31.2. The molecular weight excluding hydrogens is 279 g/mol. The Morgan fingerprint density at radius 1 is 0.895 bits per heavy atom. The van der Waals surface area contributed by atoms with Crippen molar-refractivity contribution in [3.63, 3.8) is 0 Å². The summed E-state index contributed by atoms with van der Waals surface area (Å²) in [4.78, 5) is 8.24. The van der Waals surface area contributed by atoms with Crippen molar-refractivity contribution in [2.75, 3.05) is 53.9 Å². The lowest BCUT2D eigenvalue weighted by molar-refractivity contribution is 0.0650. The van der Waals surface area contributed by atoms with E-state index in [4.69, 9.17) is 19.8 Å². The van der Waals surface area contributed by atoms with Crippen molar-refractivity contribution in [1.82, 2.24) is 0 Å². The fraction of sp³-hybridized carbons (Fsp3) is 1.00. The summed E-state index contributed by atoms with van der Waals surface area (Å²) in [7, 11) is -1.45. The first kappa shape index (κ1) is 24.0. The predicted molar refractivity (Wildman–Crippen MR) is 71.0 cm³/mol. The number of hydrogen-bond acceptors (Lipinski definition) is 7. The molecule has 120 valence electrons. The average Bonchev–Trinajstić information content (AvgIpc) is 2.42. The van der Waals surface area contributed by atoms with Gasteiger partial charge in [0.15, 0.2) is 0 Å². The molecule has 0 aromatic heterocycles. The average molecular weight is 306 g/mol. The van der Waals surface area contributed by atoms with E-state index in [1.54, 1.807) is 0 Å². The second-order valence-corrected chi connectivity index (χ2v) is 4.34. The summed E-state index contributed by atoms with van der Waals surface area (Å²) in [5.74, 6) is 0. The van der Waals surface area contributed by atoms with Crippen molar-refractivity contribution in [3.8, 4) is 0 Å². The molecule has 0 saturated heterocycles. The highest BCUT2D eigenvalue weighted by molar-refractivity contribution is 7.47.